The second kappa shape index (κ2) is 6.52. The molecule has 0 aromatic carbocycles. The van der Waals surface area contributed by atoms with Gasteiger partial charge in [0, 0.05) is 0 Å². The van der Waals surface area contributed by atoms with Gasteiger partial charge in [-0.25, -0.2) is 0 Å². The molecule has 0 radical (unpaired) electrons. The van der Waals surface area contributed by atoms with Crippen LogP contribution in [0.1, 0.15) is 19.8 Å². The Morgan fingerprint density at radius 2 is 2.14 bits per heavy atom. The molecule has 7 heteroatoms. The third-order valence-corrected chi connectivity index (χ3v) is 2.47. The van der Waals surface area contributed by atoms with E-state index in [1.807, 2.05) is 0 Å². The van der Waals surface area contributed by atoms with Crippen LogP contribution in [0.4, 0.5) is 0 Å². The second-order valence-electron chi connectivity index (χ2n) is 2.51. The summed E-state index contributed by atoms with van der Waals surface area (Å²) in [6.07, 6.45) is 1.67. The first-order valence-electron chi connectivity index (χ1n) is 3.81. The summed E-state index contributed by atoms with van der Waals surface area (Å²) in [5.41, 5.74) is 0. The average molecular weight is 224 g/mol. The molecule has 0 aliphatic rings. The van der Waals surface area contributed by atoms with Crippen molar-refractivity contribution in [3.8, 4) is 0 Å². The van der Waals surface area contributed by atoms with Crippen LogP contribution >= 0.6 is 0 Å². The summed E-state index contributed by atoms with van der Waals surface area (Å²) in [4.78, 5) is 10.7. The molecule has 1 atom stereocenters. The van der Waals surface area contributed by atoms with E-state index in [1.165, 1.54) is 0 Å². The van der Waals surface area contributed by atoms with Crippen molar-refractivity contribution in [2.24, 2.45) is 0 Å². The predicted octanol–water partition coefficient (Wildman–Crippen LogP) is 0.465. The number of nitrogens with one attached hydrogen (secondary N) is 1. The third kappa shape index (κ3) is 5.68. The number of amides is 1. The first-order valence-corrected chi connectivity index (χ1v) is 5.31. The highest BCUT2D eigenvalue weighted by molar-refractivity contribution is 7.86. The predicted molar refractivity (Wildman–Crippen MR) is 53.6 cm³/mol. The zero-order chi connectivity index (χ0) is 10.5. The molecule has 0 spiro atoms. The minimum atomic E-state index is -4.21. The third-order valence-electron chi connectivity index (χ3n) is 1.40. The molecule has 0 rings (SSSR count). The Morgan fingerprint density at radius 1 is 1.64 bits per heavy atom. The largest absolute Gasteiger partial charge is 0.344 e. The summed E-state index contributed by atoms with van der Waals surface area (Å²) in [6.45, 7) is 4.92. The van der Waals surface area contributed by atoms with Crippen molar-refractivity contribution in [3.05, 3.63) is 12.7 Å². The van der Waals surface area contributed by atoms with Gasteiger partial charge in [0.15, 0.2) is 5.37 Å². The topological polar surface area (TPSA) is 118 Å². The van der Waals surface area contributed by atoms with Crippen LogP contribution in [-0.4, -0.2) is 24.3 Å². The highest BCUT2D eigenvalue weighted by Crippen LogP contribution is 2.03. The number of hydrogen-bond acceptors (Lipinski definition) is 4. The molecule has 0 fully saturated rings. The number of hydrogen-bond donors (Lipinski definition) is 3. The fourth-order valence-electron chi connectivity index (χ4n) is 0.775. The second-order valence-corrected chi connectivity index (χ2v) is 4.10. The molecule has 0 heterocycles. The van der Waals surface area contributed by atoms with Gasteiger partial charge in [-0.3, -0.25) is 9.35 Å². The zero-order valence-corrected chi connectivity index (χ0v) is 8.88. The van der Waals surface area contributed by atoms with Crippen molar-refractivity contribution in [2.75, 3.05) is 0 Å². The Hall–Kier alpha value is -0.920. The van der Waals surface area contributed by atoms with Gasteiger partial charge in [0.05, 0.1) is 0 Å². The molecule has 0 saturated heterocycles. The van der Waals surface area contributed by atoms with E-state index >= 15 is 0 Å². The van der Waals surface area contributed by atoms with Crippen LogP contribution in [0.15, 0.2) is 12.7 Å². The summed E-state index contributed by atoms with van der Waals surface area (Å²) in [5.74, 6) is -0.615. The van der Waals surface area contributed by atoms with Crippen LogP contribution < -0.4 is 11.5 Å². The molecule has 0 aliphatic carbocycles. The molecule has 6 nitrogen and oxygen atoms in total. The molecule has 1 unspecified atom stereocenters. The Bertz CT molecular complexity index is 286. The number of carbonyl (C=O) groups is 1. The summed E-state index contributed by atoms with van der Waals surface area (Å²) in [5, 5.41) is 0.879. The maximum atomic E-state index is 10.7. The molecule has 0 aromatic heterocycles. The van der Waals surface area contributed by atoms with Gasteiger partial charge in [0.25, 0.3) is 10.1 Å². The van der Waals surface area contributed by atoms with Crippen LogP contribution in [0.5, 0.6) is 0 Å². The lowest BCUT2D eigenvalue weighted by atomic mass is 10.3. The lowest BCUT2D eigenvalue weighted by molar-refractivity contribution is -0.116. The van der Waals surface area contributed by atoms with Crippen molar-refractivity contribution in [1.29, 1.82) is 0 Å². The van der Waals surface area contributed by atoms with Crippen LogP contribution in [0.3, 0.4) is 0 Å². The molecular weight excluding hydrogens is 208 g/mol. The van der Waals surface area contributed by atoms with E-state index in [-0.39, 0.29) is 12.6 Å². The summed E-state index contributed by atoms with van der Waals surface area (Å²) >= 11 is 0. The minimum absolute atomic E-state index is 0. The first-order chi connectivity index (χ1) is 5.91. The van der Waals surface area contributed by atoms with Crippen LogP contribution in [-0.2, 0) is 14.9 Å². The quantitative estimate of drug-likeness (QED) is 0.463. The van der Waals surface area contributed by atoms with E-state index in [0.29, 0.717) is 6.42 Å². The molecule has 0 aliphatic heterocycles. The fraction of sp³-hybridized carbons (Fsp3) is 0.571. The van der Waals surface area contributed by atoms with Crippen molar-refractivity contribution < 1.29 is 17.8 Å². The van der Waals surface area contributed by atoms with Crippen molar-refractivity contribution in [1.82, 2.24) is 11.5 Å². The van der Waals surface area contributed by atoms with Crippen molar-refractivity contribution >= 4 is 16.0 Å². The SMILES string of the molecule is C=CC(=O)NC(CCC)S(=O)(=O)O.N. The average Bonchev–Trinajstić information content (AvgIpc) is 2.01. The number of carbonyl (C=O) groups excluding carboxylic acids is 1. The van der Waals surface area contributed by atoms with Gasteiger partial charge in [0.1, 0.15) is 0 Å². The smallest absolute Gasteiger partial charge is 0.286 e. The van der Waals surface area contributed by atoms with Gasteiger partial charge in [-0.2, -0.15) is 8.42 Å². The molecular formula is C7H16N2O4S. The Kier molecular flexibility index (Phi) is 7.24. The lowest BCUT2D eigenvalue weighted by Crippen LogP contribution is -2.39. The first kappa shape index (κ1) is 15.5. The van der Waals surface area contributed by atoms with Gasteiger partial charge < -0.3 is 11.5 Å². The molecule has 0 bridgehead atoms. The minimum Gasteiger partial charge on any atom is -0.344 e. The molecule has 84 valence electrons. The molecule has 5 N–H and O–H groups in total. The summed E-state index contributed by atoms with van der Waals surface area (Å²) in [7, 11) is -4.21. The standard InChI is InChI=1S/C7H13NO4S.H3N/c1-3-5-7(13(10,11)12)8-6(9)4-2;/h4,7H,2-3,5H2,1H3,(H,8,9)(H,10,11,12);1H3. The van der Waals surface area contributed by atoms with Crippen molar-refractivity contribution in [2.45, 2.75) is 25.1 Å². The lowest BCUT2D eigenvalue weighted by Gasteiger charge is -2.12. The van der Waals surface area contributed by atoms with E-state index in [9.17, 15) is 13.2 Å². The summed E-state index contributed by atoms with van der Waals surface area (Å²) < 4.78 is 30.0. The van der Waals surface area contributed by atoms with Crippen LogP contribution in [0, 0.1) is 0 Å². The Labute approximate surface area is 83.7 Å². The van der Waals surface area contributed by atoms with E-state index in [4.69, 9.17) is 4.55 Å². The van der Waals surface area contributed by atoms with Crippen LogP contribution in [0.25, 0.3) is 0 Å². The molecule has 0 aromatic rings. The van der Waals surface area contributed by atoms with Gasteiger partial charge in [0.2, 0.25) is 5.91 Å². The Balaban J connectivity index is 0. The number of rotatable bonds is 5. The highest BCUT2D eigenvalue weighted by atomic mass is 32.2. The van der Waals surface area contributed by atoms with E-state index in [0.717, 1.165) is 6.08 Å². The molecule has 1 amide bonds. The zero-order valence-electron chi connectivity index (χ0n) is 8.06. The van der Waals surface area contributed by atoms with E-state index < -0.39 is 21.4 Å². The maximum Gasteiger partial charge on any atom is 0.286 e. The van der Waals surface area contributed by atoms with E-state index in [2.05, 4.69) is 11.9 Å². The fourth-order valence-corrected chi connectivity index (χ4v) is 1.57. The molecule has 14 heavy (non-hydrogen) atoms. The normalized spacial score (nSPS) is 12.4. The molecule has 0 saturated carbocycles. The van der Waals surface area contributed by atoms with Crippen LogP contribution in [0.2, 0.25) is 0 Å². The van der Waals surface area contributed by atoms with Gasteiger partial charge in [-0.05, 0) is 12.5 Å². The highest BCUT2D eigenvalue weighted by Gasteiger charge is 2.22. The van der Waals surface area contributed by atoms with Gasteiger partial charge in [-0.1, -0.05) is 19.9 Å². The summed E-state index contributed by atoms with van der Waals surface area (Å²) in [6, 6.07) is 0. The van der Waals surface area contributed by atoms with Crippen molar-refractivity contribution in [3.63, 3.8) is 0 Å². The Morgan fingerprint density at radius 3 is 2.43 bits per heavy atom. The van der Waals surface area contributed by atoms with Gasteiger partial charge >= 0.3 is 0 Å². The van der Waals surface area contributed by atoms with Gasteiger partial charge in [-0.15, -0.1) is 0 Å². The van der Waals surface area contributed by atoms with E-state index in [1.54, 1.807) is 6.92 Å². The monoisotopic (exact) mass is 224 g/mol. The maximum absolute atomic E-state index is 10.7.